The molecule has 0 aromatic heterocycles. The second kappa shape index (κ2) is 16.1. The molecule has 234 valence electrons. The van der Waals surface area contributed by atoms with Crippen molar-refractivity contribution in [2.75, 3.05) is 25.6 Å². The van der Waals surface area contributed by atoms with Crippen LogP contribution in [0.3, 0.4) is 0 Å². The van der Waals surface area contributed by atoms with Gasteiger partial charge >= 0.3 is 5.97 Å². The van der Waals surface area contributed by atoms with Crippen molar-refractivity contribution in [3.05, 3.63) is 125 Å². The van der Waals surface area contributed by atoms with Crippen LogP contribution in [0.4, 0.5) is 5.69 Å². The van der Waals surface area contributed by atoms with Gasteiger partial charge < -0.3 is 24.8 Å². The summed E-state index contributed by atoms with van der Waals surface area (Å²) in [5, 5.41) is 6.58. The molecule has 5 rings (SSSR count). The Morgan fingerprint density at radius 3 is 2.24 bits per heavy atom. The number of carbonyl (C=O) groups excluding carboxylic acids is 2. The van der Waals surface area contributed by atoms with Crippen molar-refractivity contribution in [1.29, 1.82) is 0 Å². The summed E-state index contributed by atoms with van der Waals surface area (Å²) in [6, 6.07) is 34.8. The van der Waals surface area contributed by atoms with Crippen LogP contribution < -0.4 is 10.6 Å². The highest BCUT2D eigenvalue weighted by atomic mass is 16.7. The first-order valence-corrected chi connectivity index (χ1v) is 15.7. The molecule has 3 atom stereocenters. The molecule has 1 saturated heterocycles. The lowest BCUT2D eigenvalue weighted by Crippen LogP contribution is -2.41. The molecule has 0 saturated carbocycles. The van der Waals surface area contributed by atoms with E-state index in [0.717, 1.165) is 61.9 Å². The van der Waals surface area contributed by atoms with Crippen LogP contribution in [0, 0.1) is 0 Å². The van der Waals surface area contributed by atoms with Crippen LogP contribution in [-0.2, 0) is 31.8 Å². The number of benzene rings is 4. The minimum Gasteiger partial charge on any atom is -0.465 e. The van der Waals surface area contributed by atoms with E-state index in [1.54, 1.807) is 12.1 Å². The fourth-order valence-electron chi connectivity index (χ4n) is 5.76. The quantitative estimate of drug-likeness (QED) is 0.158. The number of hydrogen-bond donors (Lipinski definition) is 2. The van der Waals surface area contributed by atoms with Gasteiger partial charge in [-0.3, -0.25) is 4.79 Å². The lowest BCUT2D eigenvalue weighted by atomic mass is 9.95. The maximum Gasteiger partial charge on any atom is 0.339 e. The Balaban J connectivity index is 1.30. The molecule has 0 bridgehead atoms. The average molecular weight is 607 g/mol. The summed E-state index contributed by atoms with van der Waals surface area (Å²) in [6.45, 7) is 2.93. The third-order valence-electron chi connectivity index (χ3n) is 8.07. The third kappa shape index (κ3) is 9.11. The van der Waals surface area contributed by atoms with Gasteiger partial charge in [0.2, 0.25) is 5.91 Å². The first-order chi connectivity index (χ1) is 22.0. The molecule has 7 heteroatoms. The van der Waals surface area contributed by atoms with Crippen molar-refractivity contribution >= 4 is 17.6 Å². The summed E-state index contributed by atoms with van der Waals surface area (Å²) in [7, 11) is 1.32. The van der Waals surface area contributed by atoms with Gasteiger partial charge in [0.15, 0.2) is 6.29 Å². The Kier molecular flexibility index (Phi) is 11.5. The van der Waals surface area contributed by atoms with Gasteiger partial charge in [0, 0.05) is 19.6 Å². The van der Waals surface area contributed by atoms with Gasteiger partial charge in [0.25, 0.3) is 0 Å². The zero-order valence-electron chi connectivity index (χ0n) is 26.0. The highest BCUT2D eigenvalue weighted by molar-refractivity contribution is 6.01. The summed E-state index contributed by atoms with van der Waals surface area (Å²) < 4.78 is 17.6. The molecule has 4 aromatic carbocycles. The van der Waals surface area contributed by atoms with Gasteiger partial charge in [0.05, 0.1) is 18.4 Å². The average Bonchev–Trinajstić information content (AvgIpc) is 3.08. The van der Waals surface area contributed by atoms with Crippen molar-refractivity contribution in [3.8, 4) is 11.1 Å². The van der Waals surface area contributed by atoms with Gasteiger partial charge in [-0.1, -0.05) is 91.0 Å². The lowest BCUT2D eigenvalue weighted by Gasteiger charge is -2.33. The highest BCUT2D eigenvalue weighted by Crippen LogP contribution is 2.30. The number of methoxy groups -OCH3 is 1. The summed E-state index contributed by atoms with van der Waals surface area (Å²) in [6.07, 6.45) is 4.40. The number of carbonyl (C=O) groups is 2. The number of nitrogens with one attached hydrogen (secondary N) is 2. The van der Waals surface area contributed by atoms with Crippen molar-refractivity contribution in [2.24, 2.45) is 0 Å². The third-order valence-corrected chi connectivity index (χ3v) is 8.07. The van der Waals surface area contributed by atoms with E-state index in [4.69, 9.17) is 14.2 Å². The molecule has 7 nitrogen and oxygen atoms in total. The highest BCUT2D eigenvalue weighted by Gasteiger charge is 2.28. The Labute approximate surface area is 265 Å². The molecule has 0 aliphatic carbocycles. The van der Waals surface area contributed by atoms with Gasteiger partial charge in [-0.15, -0.1) is 0 Å². The van der Waals surface area contributed by atoms with Crippen LogP contribution >= 0.6 is 0 Å². The van der Waals surface area contributed by atoms with Crippen molar-refractivity contribution in [2.45, 2.75) is 57.5 Å². The van der Waals surface area contributed by atoms with Gasteiger partial charge in [-0.05, 0) is 78.6 Å². The second-order valence-corrected chi connectivity index (χ2v) is 11.4. The summed E-state index contributed by atoms with van der Waals surface area (Å²) in [4.78, 5) is 23.9. The second-order valence-electron chi connectivity index (χ2n) is 11.4. The molecule has 1 amide bonds. The van der Waals surface area contributed by atoms with Gasteiger partial charge in [-0.25, -0.2) is 4.79 Å². The molecule has 1 heterocycles. The Morgan fingerprint density at radius 2 is 1.58 bits per heavy atom. The van der Waals surface area contributed by atoms with Gasteiger partial charge in [0.1, 0.15) is 6.10 Å². The SMILES string of the molecule is COC(=O)c1ccc(-c2ccc(CCNC(Cc3ccccc3)[C@H](OC3CCCCO3)c3ccccc3)cc2)cc1NC(C)=O. The topological polar surface area (TPSA) is 85.9 Å². The zero-order valence-corrected chi connectivity index (χ0v) is 26.0. The summed E-state index contributed by atoms with van der Waals surface area (Å²) in [5.41, 5.74) is 6.22. The maximum absolute atomic E-state index is 12.2. The van der Waals surface area contributed by atoms with E-state index in [1.807, 2.05) is 18.2 Å². The summed E-state index contributed by atoms with van der Waals surface area (Å²) in [5.74, 6) is -0.748. The van der Waals surface area contributed by atoms with Crippen LogP contribution in [-0.4, -0.2) is 44.5 Å². The first kappa shape index (κ1) is 32.1. The van der Waals surface area contributed by atoms with Crippen LogP contribution in [0.5, 0.6) is 0 Å². The molecule has 45 heavy (non-hydrogen) atoms. The molecule has 1 fully saturated rings. The Morgan fingerprint density at radius 1 is 0.867 bits per heavy atom. The van der Waals surface area contributed by atoms with Crippen LogP contribution in [0.25, 0.3) is 11.1 Å². The predicted octanol–water partition coefficient (Wildman–Crippen LogP) is 7.13. The van der Waals surface area contributed by atoms with E-state index in [9.17, 15) is 9.59 Å². The van der Waals surface area contributed by atoms with Crippen LogP contribution in [0.1, 0.15) is 59.3 Å². The van der Waals surface area contributed by atoms with E-state index in [0.29, 0.717) is 11.3 Å². The van der Waals surface area contributed by atoms with E-state index in [-0.39, 0.29) is 24.3 Å². The minimum absolute atomic E-state index is 0.0418. The van der Waals surface area contributed by atoms with Crippen molar-refractivity contribution < 1.29 is 23.8 Å². The molecule has 1 aliphatic rings. The van der Waals surface area contributed by atoms with Crippen LogP contribution in [0.2, 0.25) is 0 Å². The Hall–Kier alpha value is -4.30. The standard InChI is InChI=1S/C38H42N2O5/c1-27(41)40-34-26-32(20-21-33(34)38(42)43-2)30-18-16-28(17-19-30)22-23-39-35(25-29-11-5-3-6-12-29)37(31-13-7-4-8-14-31)45-36-15-9-10-24-44-36/h3-8,11-14,16-21,26,35-37,39H,9-10,15,22-25H2,1-2H3,(H,40,41)/t35?,36?,37-/m1/s1. The predicted molar refractivity (Wildman–Crippen MR) is 177 cm³/mol. The smallest absolute Gasteiger partial charge is 0.339 e. The largest absolute Gasteiger partial charge is 0.465 e. The number of anilines is 1. The normalized spacial score (nSPS) is 16.0. The monoisotopic (exact) mass is 606 g/mol. The Bertz CT molecular complexity index is 1520. The maximum atomic E-state index is 12.2. The number of hydrogen-bond acceptors (Lipinski definition) is 6. The van der Waals surface area contributed by atoms with E-state index in [1.165, 1.54) is 25.2 Å². The van der Waals surface area contributed by atoms with E-state index >= 15 is 0 Å². The fourth-order valence-corrected chi connectivity index (χ4v) is 5.76. The molecule has 4 aromatic rings. The molecule has 0 spiro atoms. The number of esters is 1. The number of amides is 1. The molecule has 1 aliphatic heterocycles. The first-order valence-electron chi connectivity index (χ1n) is 15.7. The lowest BCUT2D eigenvalue weighted by molar-refractivity contribution is -0.196. The molecular weight excluding hydrogens is 564 g/mol. The number of ether oxygens (including phenoxy) is 3. The molecule has 2 N–H and O–H groups in total. The molecule has 2 unspecified atom stereocenters. The van der Waals surface area contributed by atoms with Crippen LogP contribution in [0.15, 0.2) is 103 Å². The zero-order chi connectivity index (χ0) is 31.4. The molecular formula is C38H42N2O5. The summed E-state index contributed by atoms with van der Waals surface area (Å²) >= 11 is 0. The van der Waals surface area contributed by atoms with Gasteiger partial charge in [-0.2, -0.15) is 0 Å². The van der Waals surface area contributed by atoms with E-state index in [2.05, 4.69) is 83.4 Å². The van der Waals surface area contributed by atoms with Crippen molar-refractivity contribution in [1.82, 2.24) is 5.32 Å². The molecule has 0 radical (unpaired) electrons. The minimum atomic E-state index is -0.495. The number of rotatable bonds is 13. The fraction of sp³-hybridized carbons (Fsp3) is 0.316. The van der Waals surface area contributed by atoms with Crippen molar-refractivity contribution in [3.63, 3.8) is 0 Å². The van der Waals surface area contributed by atoms with E-state index < -0.39 is 5.97 Å².